The first-order chi connectivity index (χ1) is 7.90. The standard InChI is InChI=1S/C12H17FN2O2/c1-8(2)5-11(14)7-9-6-10(13)3-4-12(9)15(16)17/h3-4,6,8,11H,5,7,14H2,1-2H3. The molecular weight excluding hydrogens is 223 g/mol. The highest BCUT2D eigenvalue weighted by Gasteiger charge is 2.17. The Hall–Kier alpha value is -1.49. The monoisotopic (exact) mass is 240 g/mol. The van der Waals surface area contributed by atoms with Crippen molar-refractivity contribution in [2.75, 3.05) is 0 Å². The van der Waals surface area contributed by atoms with Gasteiger partial charge in [0.25, 0.3) is 5.69 Å². The van der Waals surface area contributed by atoms with Crippen LogP contribution in [-0.4, -0.2) is 11.0 Å². The lowest BCUT2D eigenvalue weighted by Gasteiger charge is -2.14. The fourth-order valence-corrected chi connectivity index (χ4v) is 1.87. The van der Waals surface area contributed by atoms with E-state index in [1.54, 1.807) is 0 Å². The highest BCUT2D eigenvalue weighted by atomic mass is 19.1. The topological polar surface area (TPSA) is 69.2 Å². The molecule has 1 atom stereocenters. The summed E-state index contributed by atoms with van der Waals surface area (Å²) in [6, 6.07) is 3.29. The average molecular weight is 240 g/mol. The van der Waals surface area contributed by atoms with E-state index in [9.17, 15) is 14.5 Å². The Kier molecular flexibility index (Phi) is 4.57. The van der Waals surface area contributed by atoms with Gasteiger partial charge in [0, 0.05) is 17.7 Å². The summed E-state index contributed by atoms with van der Waals surface area (Å²) in [6.07, 6.45) is 1.08. The number of nitro benzene ring substituents is 1. The minimum Gasteiger partial charge on any atom is -0.327 e. The number of rotatable bonds is 5. The third kappa shape index (κ3) is 4.11. The minimum atomic E-state index is -0.503. The van der Waals surface area contributed by atoms with E-state index in [-0.39, 0.29) is 11.7 Å². The molecule has 1 rings (SSSR count). The normalized spacial score (nSPS) is 12.8. The van der Waals surface area contributed by atoms with E-state index in [0.717, 1.165) is 12.5 Å². The Morgan fingerprint density at radius 3 is 2.65 bits per heavy atom. The molecule has 1 aromatic carbocycles. The van der Waals surface area contributed by atoms with Crippen LogP contribution in [0.1, 0.15) is 25.8 Å². The van der Waals surface area contributed by atoms with Gasteiger partial charge in [0.15, 0.2) is 0 Å². The second-order valence-corrected chi connectivity index (χ2v) is 4.62. The molecule has 0 radical (unpaired) electrons. The van der Waals surface area contributed by atoms with Crippen molar-refractivity contribution in [1.29, 1.82) is 0 Å². The predicted octanol–water partition coefficient (Wildman–Crippen LogP) is 2.65. The van der Waals surface area contributed by atoms with Crippen molar-refractivity contribution in [1.82, 2.24) is 0 Å². The summed E-state index contributed by atoms with van der Waals surface area (Å²) in [6.45, 7) is 4.06. The van der Waals surface area contributed by atoms with E-state index < -0.39 is 10.7 Å². The summed E-state index contributed by atoms with van der Waals surface area (Å²) in [5.41, 5.74) is 6.18. The van der Waals surface area contributed by atoms with E-state index >= 15 is 0 Å². The molecule has 0 saturated heterocycles. The molecule has 0 saturated carbocycles. The number of halogens is 1. The van der Waals surface area contributed by atoms with Gasteiger partial charge < -0.3 is 5.73 Å². The molecule has 0 aliphatic rings. The molecule has 0 aromatic heterocycles. The van der Waals surface area contributed by atoms with Crippen molar-refractivity contribution in [3.8, 4) is 0 Å². The van der Waals surface area contributed by atoms with Crippen molar-refractivity contribution in [2.24, 2.45) is 11.7 Å². The molecule has 0 spiro atoms. The van der Waals surface area contributed by atoms with E-state index in [0.29, 0.717) is 17.9 Å². The molecule has 2 N–H and O–H groups in total. The fraction of sp³-hybridized carbons (Fsp3) is 0.500. The van der Waals surface area contributed by atoms with Crippen molar-refractivity contribution in [3.63, 3.8) is 0 Å². The lowest BCUT2D eigenvalue weighted by Crippen LogP contribution is -2.25. The third-order valence-electron chi connectivity index (χ3n) is 2.49. The predicted molar refractivity (Wildman–Crippen MR) is 64.2 cm³/mol. The fourth-order valence-electron chi connectivity index (χ4n) is 1.87. The van der Waals surface area contributed by atoms with Gasteiger partial charge in [-0.2, -0.15) is 0 Å². The van der Waals surface area contributed by atoms with Gasteiger partial charge in [-0.15, -0.1) is 0 Å². The van der Waals surface area contributed by atoms with Crippen LogP contribution < -0.4 is 5.73 Å². The van der Waals surface area contributed by atoms with Crippen LogP contribution in [-0.2, 0) is 6.42 Å². The zero-order chi connectivity index (χ0) is 13.0. The first-order valence-electron chi connectivity index (χ1n) is 5.58. The molecule has 17 heavy (non-hydrogen) atoms. The molecule has 4 nitrogen and oxygen atoms in total. The first-order valence-corrected chi connectivity index (χ1v) is 5.58. The Morgan fingerprint density at radius 2 is 2.12 bits per heavy atom. The molecule has 94 valence electrons. The second kappa shape index (κ2) is 5.72. The Balaban J connectivity index is 2.88. The van der Waals surface area contributed by atoms with Crippen LogP contribution in [0.5, 0.6) is 0 Å². The molecule has 0 amide bonds. The van der Waals surface area contributed by atoms with Crippen molar-refractivity contribution < 1.29 is 9.31 Å². The second-order valence-electron chi connectivity index (χ2n) is 4.62. The molecular formula is C12H17FN2O2. The summed E-state index contributed by atoms with van der Waals surface area (Å²) in [5.74, 6) is -0.0556. The Bertz CT molecular complexity index is 407. The van der Waals surface area contributed by atoms with Crippen LogP contribution in [0, 0.1) is 21.8 Å². The van der Waals surface area contributed by atoms with Crippen molar-refractivity contribution in [2.45, 2.75) is 32.7 Å². The SMILES string of the molecule is CC(C)CC(N)Cc1cc(F)ccc1[N+](=O)[O-]. The Labute approximate surface area is 99.8 Å². The van der Waals surface area contributed by atoms with Crippen LogP contribution >= 0.6 is 0 Å². The van der Waals surface area contributed by atoms with Crippen molar-refractivity contribution in [3.05, 3.63) is 39.7 Å². The van der Waals surface area contributed by atoms with E-state index in [1.165, 1.54) is 12.1 Å². The maximum atomic E-state index is 13.1. The quantitative estimate of drug-likeness (QED) is 0.635. The number of nitrogens with two attached hydrogens (primary N) is 1. The molecule has 0 aliphatic heterocycles. The molecule has 0 fully saturated rings. The number of hydrogen-bond acceptors (Lipinski definition) is 3. The summed E-state index contributed by atoms with van der Waals surface area (Å²) in [4.78, 5) is 10.3. The van der Waals surface area contributed by atoms with Crippen LogP contribution in [0.25, 0.3) is 0 Å². The van der Waals surface area contributed by atoms with Gasteiger partial charge in [-0.1, -0.05) is 13.8 Å². The molecule has 1 aromatic rings. The first kappa shape index (κ1) is 13.6. The van der Waals surface area contributed by atoms with Gasteiger partial charge in [-0.3, -0.25) is 10.1 Å². The largest absolute Gasteiger partial charge is 0.327 e. The maximum absolute atomic E-state index is 13.1. The summed E-state index contributed by atoms with van der Waals surface area (Å²) in [7, 11) is 0. The summed E-state index contributed by atoms with van der Waals surface area (Å²) >= 11 is 0. The maximum Gasteiger partial charge on any atom is 0.272 e. The smallest absolute Gasteiger partial charge is 0.272 e. The van der Waals surface area contributed by atoms with Gasteiger partial charge >= 0.3 is 0 Å². The van der Waals surface area contributed by atoms with E-state index in [4.69, 9.17) is 5.73 Å². The zero-order valence-electron chi connectivity index (χ0n) is 10.0. The van der Waals surface area contributed by atoms with Crippen LogP contribution in [0.4, 0.5) is 10.1 Å². The van der Waals surface area contributed by atoms with Gasteiger partial charge in [0.2, 0.25) is 0 Å². The minimum absolute atomic E-state index is 0.0643. The van der Waals surface area contributed by atoms with Crippen molar-refractivity contribution >= 4 is 5.69 Å². The van der Waals surface area contributed by atoms with Gasteiger partial charge in [-0.25, -0.2) is 4.39 Å². The molecule has 0 bridgehead atoms. The van der Waals surface area contributed by atoms with Crippen LogP contribution in [0.3, 0.4) is 0 Å². The summed E-state index contributed by atoms with van der Waals surface area (Å²) in [5, 5.41) is 10.8. The lowest BCUT2D eigenvalue weighted by atomic mass is 9.97. The average Bonchev–Trinajstić information content (AvgIpc) is 2.15. The van der Waals surface area contributed by atoms with Gasteiger partial charge in [-0.05, 0) is 30.9 Å². The van der Waals surface area contributed by atoms with E-state index in [1.807, 2.05) is 13.8 Å². The number of hydrogen-bond donors (Lipinski definition) is 1. The Morgan fingerprint density at radius 1 is 1.47 bits per heavy atom. The highest BCUT2D eigenvalue weighted by molar-refractivity contribution is 5.40. The van der Waals surface area contributed by atoms with Gasteiger partial charge in [0.1, 0.15) is 5.82 Å². The molecule has 0 aliphatic carbocycles. The zero-order valence-corrected chi connectivity index (χ0v) is 10.0. The third-order valence-corrected chi connectivity index (χ3v) is 2.49. The summed E-state index contributed by atoms with van der Waals surface area (Å²) < 4.78 is 13.1. The van der Waals surface area contributed by atoms with E-state index in [2.05, 4.69) is 0 Å². The number of benzene rings is 1. The lowest BCUT2D eigenvalue weighted by molar-refractivity contribution is -0.385. The van der Waals surface area contributed by atoms with Crippen LogP contribution in [0.2, 0.25) is 0 Å². The van der Waals surface area contributed by atoms with Gasteiger partial charge in [0.05, 0.1) is 4.92 Å². The van der Waals surface area contributed by atoms with Crippen LogP contribution in [0.15, 0.2) is 18.2 Å². The number of nitrogens with zero attached hydrogens (tertiary/aromatic N) is 1. The molecule has 1 unspecified atom stereocenters. The molecule has 5 heteroatoms. The molecule has 0 heterocycles. The highest BCUT2D eigenvalue weighted by Crippen LogP contribution is 2.21. The number of nitro groups is 1.